The van der Waals surface area contributed by atoms with Crippen LogP contribution in [-0.4, -0.2) is 5.97 Å². The quantitative estimate of drug-likeness (QED) is 0.436. The van der Waals surface area contributed by atoms with Crippen LogP contribution in [0.5, 0.6) is 0 Å². The number of hydrogen-bond acceptors (Lipinski definition) is 2. The van der Waals surface area contributed by atoms with E-state index >= 15 is 0 Å². The SMILES string of the molecule is CC(=O)OC1c2ccccc2C2c3ccccc3C1C2[CH2][Hg][Cl]. The molecule has 0 radical (unpaired) electrons. The van der Waals surface area contributed by atoms with E-state index in [-0.39, 0.29) is 18.0 Å². The molecular formula is C19H17ClHgO2. The average Bonchev–Trinajstić information content (AvgIpc) is 2.80. The molecule has 2 nitrogen and oxygen atoms in total. The molecule has 2 aromatic carbocycles. The van der Waals surface area contributed by atoms with Gasteiger partial charge in [0, 0.05) is 0 Å². The van der Waals surface area contributed by atoms with Gasteiger partial charge in [-0.25, -0.2) is 0 Å². The summed E-state index contributed by atoms with van der Waals surface area (Å²) in [4.78, 5) is 11.7. The maximum atomic E-state index is 11.7. The second kappa shape index (κ2) is 6.21. The number of rotatable bonds is 3. The first-order valence-electron chi connectivity index (χ1n) is 8.13. The molecule has 0 aromatic heterocycles. The Morgan fingerprint density at radius 3 is 2.22 bits per heavy atom. The van der Waals surface area contributed by atoms with Crippen molar-refractivity contribution in [1.29, 1.82) is 0 Å². The van der Waals surface area contributed by atoms with E-state index < -0.39 is 23.3 Å². The van der Waals surface area contributed by atoms with Crippen LogP contribution in [0.2, 0.25) is 3.93 Å². The Bertz CT molecular complexity index is 761. The van der Waals surface area contributed by atoms with Crippen molar-refractivity contribution < 1.29 is 32.9 Å². The first kappa shape index (κ1) is 15.7. The zero-order chi connectivity index (χ0) is 16.0. The van der Waals surface area contributed by atoms with Crippen LogP contribution in [-0.2, 0) is 32.9 Å². The van der Waals surface area contributed by atoms with E-state index in [0.29, 0.717) is 11.8 Å². The Hall–Kier alpha value is -0.865. The molecule has 0 spiro atoms. The summed E-state index contributed by atoms with van der Waals surface area (Å²) >= 11 is -1.32. The van der Waals surface area contributed by atoms with Gasteiger partial charge >= 0.3 is 153 Å². The average molecular weight is 513 g/mol. The third kappa shape index (κ3) is 2.46. The fourth-order valence-electron chi connectivity index (χ4n) is 4.59. The third-order valence-electron chi connectivity index (χ3n) is 5.28. The van der Waals surface area contributed by atoms with E-state index in [4.69, 9.17) is 13.0 Å². The molecule has 4 unspecified atom stereocenters. The number of carbonyl (C=O) groups excluding carboxylic acids is 1. The molecule has 23 heavy (non-hydrogen) atoms. The third-order valence-corrected chi connectivity index (χ3v) is 10.6. The van der Waals surface area contributed by atoms with Crippen molar-refractivity contribution in [2.45, 2.75) is 28.8 Å². The van der Waals surface area contributed by atoms with Crippen LogP contribution < -0.4 is 0 Å². The zero-order valence-electron chi connectivity index (χ0n) is 13.0. The predicted octanol–water partition coefficient (Wildman–Crippen LogP) is 4.80. The van der Waals surface area contributed by atoms with E-state index in [1.807, 2.05) is 6.07 Å². The summed E-state index contributed by atoms with van der Waals surface area (Å²) in [5.74, 6) is 0.958. The van der Waals surface area contributed by atoms with Gasteiger partial charge < -0.3 is 0 Å². The molecular weight excluding hydrogens is 496 g/mol. The van der Waals surface area contributed by atoms with Crippen LogP contribution >= 0.6 is 8.25 Å². The van der Waals surface area contributed by atoms with Gasteiger partial charge in [-0.1, -0.05) is 0 Å². The Balaban J connectivity index is 1.94. The van der Waals surface area contributed by atoms with Crippen LogP contribution in [0.3, 0.4) is 0 Å². The molecule has 0 saturated carbocycles. The second-order valence-corrected chi connectivity index (χ2v) is 13.5. The van der Waals surface area contributed by atoms with Crippen LogP contribution in [0.25, 0.3) is 0 Å². The van der Waals surface area contributed by atoms with Crippen molar-refractivity contribution in [3.8, 4) is 0 Å². The maximum absolute atomic E-state index is 11.7. The molecule has 0 aliphatic heterocycles. The van der Waals surface area contributed by atoms with Gasteiger partial charge in [0.05, 0.1) is 0 Å². The minimum atomic E-state index is -1.32. The van der Waals surface area contributed by atoms with Crippen molar-refractivity contribution in [3.63, 3.8) is 0 Å². The Kier molecular flexibility index (Phi) is 4.23. The minimum absolute atomic E-state index is 0.176. The van der Waals surface area contributed by atoms with Crippen LogP contribution in [0.15, 0.2) is 48.5 Å². The topological polar surface area (TPSA) is 26.3 Å². The summed E-state index contributed by atoms with van der Waals surface area (Å²) in [6.45, 7) is 1.51. The first-order valence-corrected chi connectivity index (χ1v) is 18.8. The van der Waals surface area contributed by atoms with Crippen molar-refractivity contribution in [3.05, 3.63) is 70.8 Å². The number of benzene rings is 2. The molecule has 114 valence electrons. The zero-order valence-corrected chi connectivity index (χ0v) is 19.3. The number of halogens is 1. The molecule has 2 aromatic rings. The molecule has 4 rings (SSSR count). The number of hydrogen-bond donors (Lipinski definition) is 0. The fraction of sp³-hybridized carbons (Fsp3) is 0.316. The van der Waals surface area contributed by atoms with Gasteiger partial charge in [0.2, 0.25) is 0 Å². The summed E-state index contributed by atoms with van der Waals surface area (Å²) in [6, 6.07) is 17.1. The Morgan fingerprint density at radius 1 is 1.04 bits per heavy atom. The standard InChI is InChI=1S/C19H17O2.ClH.Hg/c1-11-17-13-7-3-4-8-14(13)18(11)19(21-12(2)20)16-10-6-5-9-15(16)17;;/h3-11,17-19H,1H2,2H3;1H;/q;;+1/p-1. The van der Waals surface area contributed by atoms with Gasteiger partial charge in [-0.2, -0.15) is 0 Å². The summed E-state index contributed by atoms with van der Waals surface area (Å²) < 4.78 is 6.97. The summed E-state index contributed by atoms with van der Waals surface area (Å²) in [5.41, 5.74) is 5.26. The molecule has 4 atom stereocenters. The molecule has 4 heteroatoms. The van der Waals surface area contributed by atoms with Gasteiger partial charge in [-0.3, -0.25) is 0 Å². The number of fused-ring (bicyclic) bond motifs is 7. The summed E-state index contributed by atoms with van der Waals surface area (Å²) in [6.07, 6.45) is -0.176. The molecule has 0 amide bonds. The monoisotopic (exact) mass is 514 g/mol. The normalized spacial score (nSPS) is 26.9. The van der Waals surface area contributed by atoms with E-state index in [9.17, 15) is 4.79 Å². The van der Waals surface area contributed by atoms with Crippen LogP contribution in [0.4, 0.5) is 0 Å². The molecule has 2 aliphatic carbocycles. The van der Waals surface area contributed by atoms with Crippen molar-refractivity contribution in [2.75, 3.05) is 0 Å². The van der Waals surface area contributed by atoms with Crippen LogP contribution in [0.1, 0.15) is 47.1 Å². The van der Waals surface area contributed by atoms with Gasteiger partial charge in [0.1, 0.15) is 0 Å². The molecule has 2 bridgehead atoms. The van der Waals surface area contributed by atoms with E-state index in [0.717, 1.165) is 3.93 Å². The molecule has 0 heterocycles. The van der Waals surface area contributed by atoms with Crippen molar-refractivity contribution in [1.82, 2.24) is 0 Å². The van der Waals surface area contributed by atoms with E-state index in [1.165, 1.54) is 29.2 Å². The summed E-state index contributed by atoms with van der Waals surface area (Å²) in [5, 5.41) is 0. The number of esters is 1. The number of carbonyl (C=O) groups is 1. The van der Waals surface area contributed by atoms with Crippen molar-refractivity contribution in [2.24, 2.45) is 5.92 Å². The van der Waals surface area contributed by atoms with Gasteiger partial charge in [-0.15, -0.1) is 0 Å². The predicted molar refractivity (Wildman–Crippen MR) is 86.1 cm³/mol. The fourth-order valence-corrected chi connectivity index (χ4v) is 10.5. The van der Waals surface area contributed by atoms with E-state index in [2.05, 4.69) is 42.5 Å². The Labute approximate surface area is 152 Å². The summed E-state index contributed by atoms with van der Waals surface area (Å²) in [7, 11) is 6.33. The molecule has 0 N–H and O–H groups in total. The van der Waals surface area contributed by atoms with Crippen LogP contribution in [0, 0.1) is 5.92 Å². The molecule has 0 saturated heterocycles. The molecule has 0 fully saturated rings. The number of ether oxygens (including phenoxy) is 1. The first-order chi connectivity index (χ1) is 11.2. The second-order valence-electron chi connectivity index (χ2n) is 6.43. The van der Waals surface area contributed by atoms with E-state index in [1.54, 1.807) is 0 Å². The van der Waals surface area contributed by atoms with Gasteiger partial charge in [-0.05, 0) is 0 Å². The molecule has 2 aliphatic rings. The van der Waals surface area contributed by atoms with Gasteiger partial charge in [0.25, 0.3) is 0 Å². The van der Waals surface area contributed by atoms with Gasteiger partial charge in [0.15, 0.2) is 0 Å². The van der Waals surface area contributed by atoms with Crippen molar-refractivity contribution >= 4 is 14.2 Å². The Morgan fingerprint density at radius 2 is 1.61 bits per heavy atom.